The molecular formula is C20H19FN2O5S. The number of carbonyl (C=O) groups excluding carboxylic acids is 1. The summed E-state index contributed by atoms with van der Waals surface area (Å²) in [6.07, 6.45) is 1.06. The van der Waals surface area contributed by atoms with Gasteiger partial charge in [0.05, 0.1) is 10.8 Å². The van der Waals surface area contributed by atoms with E-state index in [-0.39, 0.29) is 23.9 Å². The van der Waals surface area contributed by atoms with Crippen LogP contribution in [0, 0.1) is 11.7 Å². The number of oxazole rings is 1. The van der Waals surface area contributed by atoms with Crippen molar-refractivity contribution in [1.29, 1.82) is 0 Å². The first-order chi connectivity index (χ1) is 13.9. The van der Waals surface area contributed by atoms with E-state index in [1.54, 1.807) is 12.1 Å². The van der Waals surface area contributed by atoms with Crippen LogP contribution in [0.15, 0.2) is 57.8 Å². The van der Waals surface area contributed by atoms with E-state index in [9.17, 15) is 17.6 Å². The second-order valence-corrected chi connectivity index (χ2v) is 8.78. The molecule has 1 aliphatic rings. The third-order valence-corrected chi connectivity index (χ3v) is 6.72. The van der Waals surface area contributed by atoms with E-state index in [1.165, 1.54) is 16.4 Å². The van der Waals surface area contributed by atoms with Crippen molar-refractivity contribution in [3.05, 3.63) is 60.2 Å². The topological polar surface area (TPSA) is 89.7 Å². The maximum Gasteiger partial charge on any atom is 0.310 e. The Kier molecular flexibility index (Phi) is 5.33. The van der Waals surface area contributed by atoms with Crippen molar-refractivity contribution in [3.8, 4) is 0 Å². The highest BCUT2D eigenvalue weighted by Crippen LogP contribution is 2.25. The third-order valence-electron chi connectivity index (χ3n) is 4.84. The number of rotatable bonds is 5. The second-order valence-electron chi connectivity index (χ2n) is 6.84. The molecule has 0 radical (unpaired) electrons. The molecule has 2 heterocycles. The SMILES string of the molecule is O=C(OCc1nc2ccccc2o1)[C@H]1CCCN(S(=O)(=O)c2ccc(F)cc2)C1. The Balaban J connectivity index is 1.40. The number of piperidine rings is 1. The van der Waals surface area contributed by atoms with E-state index in [2.05, 4.69) is 4.98 Å². The highest BCUT2D eigenvalue weighted by molar-refractivity contribution is 7.89. The molecule has 9 heteroatoms. The van der Waals surface area contributed by atoms with Gasteiger partial charge in [0, 0.05) is 13.1 Å². The minimum Gasteiger partial charge on any atom is -0.455 e. The van der Waals surface area contributed by atoms with Crippen molar-refractivity contribution in [3.63, 3.8) is 0 Å². The first-order valence-electron chi connectivity index (χ1n) is 9.20. The van der Waals surface area contributed by atoms with Gasteiger partial charge in [0.2, 0.25) is 15.9 Å². The molecule has 0 amide bonds. The van der Waals surface area contributed by atoms with Crippen molar-refractivity contribution in [1.82, 2.24) is 9.29 Å². The molecule has 4 rings (SSSR count). The number of hydrogen-bond acceptors (Lipinski definition) is 6. The lowest BCUT2D eigenvalue weighted by atomic mass is 10.0. The molecule has 7 nitrogen and oxygen atoms in total. The lowest BCUT2D eigenvalue weighted by molar-refractivity contribution is -0.151. The number of fused-ring (bicyclic) bond motifs is 1. The predicted octanol–water partition coefficient (Wildman–Crippen LogP) is 3.11. The summed E-state index contributed by atoms with van der Waals surface area (Å²) in [6, 6.07) is 11.9. The van der Waals surface area contributed by atoms with Crippen LogP contribution in [0.1, 0.15) is 18.7 Å². The highest BCUT2D eigenvalue weighted by Gasteiger charge is 2.34. The van der Waals surface area contributed by atoms with Crippen LogP contribution in [0.2, 0.25) is 0 Å². The summed E-state index contributed by atoms with van der Waals surface area (Å²) in [6.45, 7) is 0.204. The predicted molar refractivity (Wildman–Crippen MR) is 102 cm³/mol. The van der Waals surface area contributed by atoms with Gasteiger partial charge in [0.1, 0.15) is 11.3 Å². The van der Waals surface area contributed by atoms with Crippen LogP contribution in [-0.2, 0) is 26.2 Å². The monoisotopic (exact) mass is 418 g/mol. The van der Waals surface area contributed by atoms with E-state index in [4.69, 9.17) is 9.15 Å². The summed E-state index contributed by atoms with van der Waals surface area (Å²) in [4.78, 5) is 16.7. The number of halogens is 1. The van der Waals surface area contributed by atoms with Gasteiger partial charge in [-0.3, -0.25) is 4.79 Å². The van der Waals surface area contributed by atoms with E-state index in [0.717, 1.165) is 12.1 Å². The molecule has 0 unspecified atom stereocenters. The fraction of sp³-hybridized carbons (Fsp3) is 0.300. The molecule has 2 aromatic carbocycles. The van der Waals surface area contributed by atoms with Crippen molar-refractivity contribution in [2.75, 3.05) is 13.1 Å². The van der Waals surface area contributed by atoms with Gasteiger partial charge in [-0.15, -0.1) is 0 Å². The molecule has 0 aliphatic carbocycles. The van der Waals surface area contributed by atoms with E-state index >= 15 is 0 Å². The van der Waals surface area contributed by atoms with Gasteiger partial charge in [-0.25, -0.2) is 17.8 Å². The van der Waals surface area contributed by atoms with Gasteiger partial charge in [-0.2, -0.15) is 4.31 Å². The zero-order chi connectivity index (χ0) is 20.4. The van der Waals surface area contributed by atoms with E-state index in [1.807, 2.05) is 12.1 Å². The van der Waals surface area contributed by atoms with Crippen molar-refractivity contribution in [2.24, 2.45) is 5.92 Å². The number of sulfonamides is 1. The quantitative estimate of drug-likeness (QED) is 0.592. The first-order valence-corrected chi connectivity index (χ1v) is 10.6. The van der Waals surface area contributed by atoms with Crippen molar-refractivity contribution >= 4 is 27.1 Å². The summed E-state index contributed by atoms with van der Waals surface area (Å²) in [5.41, 5.74) is 1.28. The second kappa shape index (κ2) is 7.92. The maximum absolute atomic E-state index is 13.1. The minimum atomic E-state index is -3.80. The van der Waals surface area contributed by atoms with Gasteiger partial charge in [-0.05, 0) is 49.2 Å². The Hall–Kier alpha value is -2.78. The standard InChI is InChI=1S/C20H19FN2O5S/c21-15-7-9-16(10-8-15)29(25,26)23-11-3-4-14(12-23)20(24)27-13-19-22-17-5-1-2-6-18(17)28-19/h1-2,5-10,14H,3-4,11-13H2/t14-/m0/s1. The van der Waals surface area contributed by atoms with Crippen LogP contribution in [0.25, 0.3) is 11.1 Å². The summed E-state index contributed by atoms with van der Waals surface area (Å²) < 4.78 is 50.7. The largest absolute Gasteiger partial charge is 0.455 e. The average molecular weight is 418 g/mol. The van der Waals surface area contributed by atoms with Crippen LogP contribution < -0.4 is 0 Å². The molecule has 0 N–H and O–H groups in total. The normalized spacial score (nSPS) is 18.0. The van der Waals surface area contributed by atoms with Crippen LogP contribution in [0.3, 0.4) is 0 Å². The fourth-order valence-electron chi connectivity index (χ4n) is 3.34. The molecule has 0 bridgehead atoms. The Morgan fingerprint density at radius 3 is 2.72 bits per heavy atom. The average Bonchev–Trinajstić information content (AvgIpc) is 3.15. The Labute approximate surface area is 167 Å². The van der Waals surface area contributed by atoms with E-state index < -0.39 is 27.7 Å². The lowest BCUT2D eigenvalue weighted by Gasteiger charge is -2.30. The highest BCUT2D eigenvalue weighted by atomic mass is 32.2. The zero-order valence-corrected chi connectivity index (χ0v) is 16.3. The number of aromatic nitrogens is 1. The number of esters is 1. The number of ether oxygens (including phenoxy) is 1. The van der Waals surface area contributed by atoms with Crippen LogP contribution >= 0.6 is 0 Å². The summed E-state index contributed by atoms with van der Waals surface area (Å²) in [5, 5.41) is 0. The molecule has 1 aromatic heterocycles. The van der Waals surface area contributed by atoms with Gasteiger partial charge < -0.3 is 9.15 Å². The van der Waals surface area contributed by atoms with Crippen molar-refractivity contribution < 1.29 is 26.8 Å². The summed E-state index contributed by atoms with van der Waals surface area (Å²) in [7, 11) is -3.80. The molecule has 1 saturated heterocycles. The molecule has 1 aliphatic heterocycles. The number of hydrogen-bond donors (Lipinski definition) is 0. The molecule has 1 atom stereocenters. The molecule has 3 aromatic rings. The molecular weight excluding hydrogens is 399 g/mol. The lowest BCUT2D eigenvalue weighted by Crippen LogP contribution is -2.42. The molecule has 0 saturated carbocycles. The molecule has 1 fully saturated rings. The number of nitrogens with zero attached hydrogens (tertiary/aromatic N) is 2. The van der Waals surface area contributed by atoms with Crippen molar-refractivity contribution in [2.45, 2.75) is 24.3 Å². The number of para-hydroxylation sites is 2. The smallest absolute Gasteiger partial charge is 0.310 e. The van der Waals surface area contributed by atoms with Crippen LogP contribution in [0.4, 0.5) is 4.39 Å². The zero-order valence-electron chi connectivity index (χ0n) is 15.5. The first kappa shape index (κ1) is 19.5. The third kappa shape index (κ3) is 4.15. The van der Waals surface area contributed by atoms with Gasteiger partial charge >= 0.3 is 5.97 Å². The van der Waals surface area contributed by atoms with Crippen LogP contribution in [0.5, 0.6) is 0 Å². The molecule has 0 spiro atoms. The minimum absolute atomic E-state index is 0.000562. The number of carbonyl (C=O) groups is 1. The Bertz CT molecular complexity index is 1090. The fourth-order valence-corrected chi connectivity index (χ4v) is 4.86. The summed E-state index contributed by atoms with van der Waals surface area (Å²) in [5.74, 6) is -1.30. The van der Waals surface area contributed by atoms with E-state index in [0.29, 0.717) is 30.5 Å². The van der Waals surface area contributed by atoms with Gasteiger partial charge in [0.15, 0.2) is 12.2 Å². The summed E-state index contributed by atoms with van der Waals surface area (Å²) >= 11 is 0. The van der Waals surface area contributed by atoms with Gasteiger partial charge in [0.25, 0.3) is 0 Å². The number of benzene rings is 2. The Morgan fingerprint density at radius 1 is 1.21 bits per heavy atom. The Morgan fingerprint density at radius 2 is 1.97 bits per heavy atom. The maximum atomic E-state index is 13.1. The molecule has 152 valence electrons. The van der Waals surface area contributed by atoms with Gasteiger partial charge in [-0.1, -0.05) is 12.1 Å². The molecule has 29 heavy (non-hydrogen) atoms. The van der Waals surface area contributed by atoms with Crippen LogP contribution in [-0.4, -0.2) is 36.8 Å².